The minimum Gasteiger partial charge on any atom is -0.388 e. The maximum absolute atomic E-state index is 8.59. The molecule has 6 heteroatoms. The average molecular weight is 386 g/mol. The van der Waals surface area contributed by atoms with Gasteiger partial charge in [0.25, 0.3) is 0 Å². The topological polar surface area (TPSA) is 112 Å². The molecule has 0 saturated heterocycles. The molecule has 154 valence electrons. The second-order valence-corrected chi connectivity index (χ2v) is 5.77. The van der Waals surface area contributed by atoms with Crippen LogP contribution in [0.25, 0.3) is 5.70 Å². The summed E-state index contributed by atoms with van der Waals surface area (Å²) >= 11 is 0. The summed E-state index contributed by atoms with van der Waals surface area (Å²) in [7, 11) is 5.01. The van der Waals surface area contributed by atoms with Gasteiger partial charge in [-0.05, 0) is 50.1 Å². The molecule has 0 unspecified atom stereocenters. The Morgan fingerprint density at radius 1 is 1.25 bits per heavy atom. The molecule has 0 amide bonds. The van der Waals surface area contributed by atoms with Crippen LogP contribution in [0.3, 0.4) is 0 Å². The Bertz CT molecular complexity index is 652. The molecule has 1 aromatic rings. The van der Waals surface area contributed by atoms with Crippen molar-refractivity contribution in [3.8, 4) is 6.07 Å². The molecule has 1 rings (SSSR count). The second-order valence-electron chi connectivity index (χ2n) is 5.77. The van der Waals surface area contributed by atoms with Crippen LogP contribution < -0.4 is 11.6 Å². The summed E-state index contributed by atoms with van der Waals surface area (Å²) in [5.41, 5.74) is 9.15. The first-order valence-electron chi connectivity index (χ1n) is 8.97. The highest BCUT2D eigenvalue weighted by Gasteiger charge is 2.04. The third kappa shape index (κ3) is 15.5. The molecule has 1 aromatic carbocycles. The summed E-state index contributed by atoms with van der Waals surface area (Å²) in [4.78, 5) is 0. The highest BCUT2D eigenvalue weighted by Crippen LogP contribution is 2.17. The van der Waals surface area contributed by atoms with Crippen LogP contribution in [0, 0.1) is 16.7 Å². The first-order chi connectivity index (χ1) is 13.4. The van der Waals surface area contributed by atoms with Gasteiger partial charge in [-0.25, -0.2) is 5.84 Å². The van der Waals surface area contributed by atoms with Gasteiger partial charge in [0.2, 0.25) is 0 Å². The number of nitrogens with one attached hydrogen (secondary N) is 1. The summed E-state index contributed by atoms with van der Waals surface area (Å²) in [5, 5.41) is 17.1. The number of nitriles is 1. The molecule has 0 aliphatic heterocycles. The van der Waals surface area contributed by atoms with Crippen LogP contribution in [-0.4, -0.2) is 38.5 Å². The molecule has 0 atom stereocenters. The monoisotopic (exact) mass is 385 g/mol. The number of hydrogen-bond acceptors (Lipinski definition) is 6. The van der Waals surface area contributed by atoms with E-state index in [9.17, 15) is 0 Å². The Balaban J connectivity index is 0. The van der Waals surface area contributed by atoms with Crippen LogP contribution in [0.5, 0.6) is 0 Å². The van der Waals surface area contributed by atoms with Gasteiger partial charge in [0, 0.05) is 27.0 Å². The Morgan fingerprint density at radius 2 is 1.82 bits per heavy atom. The quantitative estimate of drug-likeness (QED) is 0.287. The smallest absolute Gasteiger partial charge is 0.0664 e. The number of hydrogen-bond donors (Lipinski definition) is 3. The van der Waals surface area contributed by atoms with E-state index in [-0.39, 0.29) is 0 Å². The van der Waals surface area contributed by atoms with E-state index in [2.05, 4.69) is 10.8 Å². The third-order valence-electron chi connectivity index (χ3n) is 3.10. The fourth-order valence-corrected chi connectivity index (χ4v) is 1.93. The fraction of sp³-hybridized carbons (Fsp3) is 0.364. The Kier molecular flexibility index (Phi) is 18.7. The van der Waals surface area contributed by atoms with Crippen molar-refractivity contribution in [2.45, 2.75) is 26.7 Å². The van der Waals surface area contributed by atoms with Crippen molar-refractivity contribution in [3.05, 3.63) is 65.8 Å². The van der Waals surface area contributed by atoms with Gasteiger partial charge in [-0.15, -0.1) is 0 Å². The van der Waals surface area contributed by atoms with Crippen molar-refractivity contribution in [3.63, 3.8) is 0 Å². The second kappa shape index (κ2) is 19.1. The van der Waals surface area contributed by atoms with Gasteiger partial charge in [0.1, 0.15) is 0 Å². The average Bonchev–Trinajstić information content (AvgIpc) is 2.64. The summed E-state index contributed by atoms with van der Waals surface area (Å²) < 4.78 is 4.25. The molecule has 5 N–H and O–H groups in total. The highest BCUT2D eigenvalue weighted by molar-refractivity contribution is 5.90. The zero-order valence-corrected chi connectivity index (χ0v) is 17.8. The minimum absolute atomic E-state index is 0.349. The number of nitrogens with zero attached hydrogens (tertiary/aromatic N) is 2. The van der Waals surface area contributed by atoms with Crippen LogP contribution >= 0.6 is 0 Å². The number of benzene rings is 1. The normalized spacial score (nSPS) is 10.6. The molecule has 0 saturated carbocycles. The van der Waals surface area contributed by atoms with Gasteiger partial charge in [-0.1, -0.05) is 42.5 Å². The van der Waals surface area contributed by atoms with E-state index in [1.165, 1.54) is 10.6 Å². The molecule has 28 heavy (non-hydrogen) atoms. The van der Waals surface area contributed by atoms with E-state index in [0.29, 0.717) is 18.7 Å². The van der Waals surface area contributed by atoms with Gasteiger partial charge in [0.05, 0.1) is 18.2 Å². The highest BCUT2D eigenvalue weighted by atomic mass is 16.4. The van der Waals surface area contributed by atoms with E-state index in [1.54, 1.807) is 34.3 Å². The van der Waals surface area contributed by atoms with Gasteiger partial charge < -0.3 is 20.9 Å². The number of hydrazine groups is 1. The number of rotatable bonds is 7. The van der Waals surface area contributed by atoms with Crippen LogP contribution in [0.1, 0.15) is 31.4 Å². The standard InChI is InChI=1S/C13H18N4.C7H11N.C2H6O/c1-17(16)13(3-2-9-14)12-6-4-11(5-7-12)8-10-15;1-3-4-5-6-7(2)8;1-3-2/h3-7H,2,8,10,15-16H2,1H3;3-6,8H,1-2H3;1-2H3/b13-3-;4-3-,6-5-,8-7?;. The van der Waals surface area contributed by atoms with Crippen molar-refractivity contribution in [1.29, 1.82) is 10.7 Å². The van der Waals surface area contributed by atoms with Gasteiger partial charge in [-0.2, -0.15) is 5.26 Å². The third-order valence-corrected chi connectivity index (χ3v) is 3.10. The van der Waals surface area contributed by atoms with Gasteiger partial charge >= 0.3 is 0 Å². The maximum Gasteiger partial charge on any atom is 0.0664 e. The lowest BCUT2D eigenvalue weighted by Crippen LogP contribution is -2.24. The maximum atomic E-state index is 8.59. The zero-order valence-electron chi connectivity index (χ0n) is 17.8. The molecule has 0 aromatic heterocycles. The fourth-order valence-electron chi connectivity index (χ4n) is 1.93. The first-order valence-corrected chi connectivity index (χ1v) is 8.97. The molecule has 0 bridgehead atoms. The molecule has 0 fully saturated rings. The SMILES string of the molecule is C/C=C\C=C/C(C)=N.CN(N)/C(=C\CC#N)c1ccc(CCN)cc1.COC. The lowest BCUT2D eigenvalue weighted by atomic mass is 10.1. The lowest BCUT2D eigenvalue weighted by Gasteiger charge is -2.17. The van der Waals surface area contributed by atoms with Crippen molar-refractivity contribution < 1.29 is 4.74 Å². The number of methoxy groups -OCH3 is 1. The molecule has 6 nitrogen and oxygen atoms in total. The first kappa shape index (κ1) is 27.5. The predicted octanol–water partition coefficient (Wildman–Crippen LogP) is 3.67. The van der Waals surface area contributed by atoms with E-state index in [1.807, 2.05) is 55.5 Å². The minimum atomic E-state index is 0.349. The summed E-state index contributed by atoms with van der Waals surface area (Å²) in [6.07, 6.45) is 10.5. The number of ether oxygens (including phenoxy) is 1. The molecule has 0 spiro atoms. The van der Waals surface area contributed by atoms with E-state index in [0.717, 1.165) is 17.7 Å². The number of allylic oxidation sites excluding steroid dienone is 5. The molecule has 0 radical (unpaired) electrons. The summed E-state index contributed by atoms with van der Waals surface area (Å²) in [6, 6.07) is 10.1. The molecule has 0 heterocycles. The summed E-state index contributed by atoms with van der Waals surface area (Å²) in [5.74, 6) is 5.74. The van der Waals surface area contributed by atoms with Crippen molar-refractivity contribution in [2.75, 3.05) is 27.8 Å². The Labute approximate surface area is 170 Å². The molecular weight excluding hydrogens is 350 g/mol. The predicted molar refractivity (Wildman–Crippen MR) is 120 cm³/mol. The molecule has 0 aliphatic carbocycles. The zero-order chi connectivity index (χ0) is 21.8. The van der Waals surface area contributed by atoms with Crippen molar-refractivity contribution in [2.24, 2.45) is 11.6 Å². The Hall–Kier alpha value is -2.72. The molecular formula is C22H35N5O. The summed E-state index contributed by atoms with van der Waals surface area (Å²) in [6.45, 7) is 4.34. The van der Waals surface area contributed by atoms with Crippen LogP contribution in [0.15, 0.2) is 54.6 Å². The largest absolute Gasteiger partial charge is 0.388 e. The molecule has 0 aliphatic rings. The van der Waals surface area contributed by atoms with Gasteiger partial charge in [-0.3, -0.25) is 0 Å². The van der Waals surface area contributed by atoms with Crippen LogP contribution in [-0.2, 0) is 11.2 Å². The van der Waals surface area contributed by atoms with E-state index in [4.69, 9.17) is 22.2 Å². The number of nitrogens with two attached hydrogens (primary N) is 2. The van der Waals surface area contributed by atoms with Crippen LogP contribution in [0.4, 0.5) is 0 Å². The Morgan fingerprint density at radius 3 is 2.21 bits per heavy atom. The lowest BCUT2D eigenvalue weighted by molar-refractivity contribution is 0.277. The van der Waals surface area contributed by atoms with Gasteiger partial charge in [0.15, 0.2) is 0 Å². The van der Waals surface area contributed by atoms with Crippen LogP contribution in [0.2, 0.25) is 0 Å². The van der Waals surface area contributed by atoms with Crippen molar-refractivity contribution in [1.82, 2.24) is 5.01 Å². The van der Waals surface area contributed by atoms with E-state index < -0.39 is 0 Å². The van der Waals surface area contributed by atoms with Crippen molar-refractivity contribution >= 4 is 11.4 Å². The van der Waals surface area contributed by atoms with E-state index >= 15 is 0 Å².